The van der Waals surface area contributed by atoms with Gasteiger partial charge in [0.05, 0.1) is 5.92 Å². The fourth-order valence-corrected chi connectivity index (χ4v) is 4.69. The molecule has 36 heavy (non-hydrogen) atoms. The predicted molar refractivity (Wildman–Crippen MR) is 139 cm³/mol. The van der Waals surface area contributed by atoms with Crippen molar-refractivity contribution in [1.29, 1.82) is 0 Å². The van der Waals surface area contributed by atoms with Gasteiger partial charge in [0, 0.05) is 42.3 Å². The number of urea groups is 1. The summed E-state index contributed by atoms with van der Waals surface area (Å²) in [5, 5.41) is 2.87. The number of carbonyl (C=O) groups is 3. The summed E-state index contributed by atoms with van der Waals surface area (Å²) in [6, 6.07) is 21.2. The molecule has 7 heteroatoms. The second-order valence-corrected chi connectivity index (χ2v) is 9.26. The SMILES string of the molecule is Cc1cc(C(=O)COC(=O)C2CCN(C(=O)Nc3ccccc3)CC2)c(C)n1CCc1ccccc1. The number of nitrogens with one attached hydrogen (secondary N) is 1. The van der Waals surface area contributed by atoms with Gasteiger partial charge in [0.25, 0.3) is 0 Å². The molecule has 4 rings (SSSR count). The van der Waals surface area contributed by atoms with Gasteiger partial charge >= 0.3 is 12.0 Å². The summed E-state index contributed by atoms with van der Waals surface area (Å²) in [6.45, 7) is 5.37. The molecule has 1 fully saturated rings. The second-order valence-electron chi connectivity index (χ2n) is 9.26. The number of para-hydroxylation sites is 1. The number of anilines is 1. The number of amides is 2. The molecule has 0 atom stereocenters. The number of nitrogens with zero attached hydrogens (tertiary/aromatic N) is 2. The molecule has 0 unspecified atom stereocenters. The number of aryl methyl sites for hydroxylation is 2. The Morgan fingerprint density at radius 3 is 2.25 bits per heavy atom. The normalized spacial score (nSPS) is 13.9. The molecular formula is C29H33N3O4. The van der Waals surface area contributed by atoms with E-state index in [4.69, 9.17) is 4.74 Å². The Balaban J connectivity index is 1.24. The number of benzene rings is 2. The summed E-state index contributed by atoms with van der Waals surface area (Å²) < 4.78 is 7.54. The minimum absolute atomic E-state index is 0.175. The molecule has 188 valence electrons. The van der Waals surface area contributed by atoms with Crippen molar-refractivity contribution in [2.75, 3.05) is 25.0 Å². The maximum atomic E-state index is 12.9. The number of likely N-dealkylation sites (tertiary alicyclic amines) is 1. The summed E-state index contributed by atoms with van der Waals surface area (Å²) in [6.07, 6.45) is 1.91. The first kappa shape index (κ1) is 25.2. The van der Waals surface area contributed by atoms with Crippen LogP contribution in [0.15, 0.2) is 66.7 Å². The number of piperidine rings is 1. The molecule has 2 aromatic carbocycles. The van der Waals surface area contributed by atoms with Crippen molar-refractivity contribution in [3.05, 3.63) is 89.2 Å². The molecule has 1 aromatic heterocycles. The highest BCUT2D eigenvalue weighted by atomic mass is 16.5. The number of rotatable bonds is 8. The van der Waals surface area contributed by atoms with Crippen molar-refractivity contribution in [2.45, 2.75) is 39.7 Å². The van der Waals surface area contributed by atoms with E-state index in [9.17, 15) is 14.4 Å². The van der Waals surface area contributed by atoms with Crippen molar-refractivity contribution in [2.24, 2.45) is 5.92 Å². The van der Waals surface area contributed by atoms with Crippen molar-refractivity contribution in [3.63, 3.8) is 0 Å². The molecule has 0 radical (unpaired) electrons. The maximum Gasteiger partial charge on any atom is 0.321 e. The van der Waals surface area contributed by atoms with E-state index in [2.05, 4.69) is 22.0 Å². The van der Waals surface area contributed by atoms with Crippen LogP contribution in [0, 0.1) is 19.8 Å². The lowest BCUT2D eigenvalue weighted by Crippen LogP contribution is -2.42. The molecule has 0 aliphatic carbocycles. The number of esters is 1. The van der Waals surface area contributed by atoms with Crippen molar-refractivity contribution < 1.29 is 19.1 Å². The number of carbonyl (C=O) groups excluding carboxylic acids is 3. The fourth-order valence-electron chi connectivity index (χ4n) is 4.69. The third-order valence-electron chi connectivity index (χ3n) is 6.83. The van der Waals surface area contributed by atoms with E-state index in [1.54, 1.807) is 4.90 Å². The van der Waals surface area contributed by atoms with Crippen LogP contribution in [0.1, 0.15) is 40.2 Å². The van der Waals surface area contributed by atoms with E-state index < -0.39 is 0 Å². The summed E-state index contributed by atoms with van der Waals surface area (Å²) >= 11 is 0. The van der Waals surface area contributed by atoms with E-state index in [1.165, 1.54) is 5.56 Å². The zero-order chi connectivity index (χ0) is 25.5. The Morgan fingerprint density at radius 1 is 0.944 bits per heavy atom. The van der Waals surface area contributed by atoms with E-state index in [1.807, 2.05) is 68.4 Å². The van der Waals surface area contributed by atoms with Gasteiger partial charge in [-0.05, 0) is 56.9 Å². The van der Waals surface area contributed by atoms with Crippen LogP contribution in [0.2, 0.25) is 0 Å². The average molecular weight is 488 g/mol. The van der Waals surface area contributed by atoms with Gasteiger partial charge in [-0.1, -0.05) is 48.5 Å². The van der Waals surface area contributed by atoms with Gasteiger partial charge in [0.15, 0.2) is 6.61 Å². The Labute approximate surface area is 212 Å². The molecule has 2 amide bonds. The second kappa shape index (κ2) is 11.7. The van der Waals surface area contributed by atoms with Gasteiger partial charge in [-0.2, -0.15) is 0 Å². The molecular weight excluding hydrogens is 454 g/mol. The third-order valence-corrected chi connectivity index (χ3v) is 6.83. The zero-order valence-electron chi connectivity index (χ0n) is 20.9. The molecule has 7 nitrogen and oxygen atoms in total. The topological polar surface area (TPSA) is 80.6 Å². The summed E-state index contributed by atoms with van der Waals surface area (Å²) in [4.78, 5) is 39.6. The Bertz CT molecular complexity index is 1200. The molecule has 0 spiro atoms. The van der Waals surface area contributed by atoms with Gasteiger partial charge in [-0.25, -0.2) is 4.79 Å². The fraction of sp³-hybridized carbons (Fsp3) is 0.345. The highest BCUT2D eigenvalue weighted by molar-refractivity contribution is 5.99. The minimum Gasteiger partial charge on any atom is -0.457 e. The van der Waals surface area contributed by atoms with Crippen molar-refractivity contribution in [3.8, 4) is 0 Å². The third kappa shape index (κ3) is 6.22. The molecule has 0 saturated carbocycles. The lowest BCUT2D eigenvalue weighted by molar-refractivity contribution is -0.148. The molecule has 0 bridgehead atoms. The smallest absolute Gasteiger partial charge is 0.321 e. The lowest BCUT2D eigenvalue weighted by atomic mass is 9.97. The van der Waals surface area contributed by atoms with Crippen LogP contribution in [-0.4, -0.2) is 46.9 Å². The van der Waals surface area contributed by atoms with E-state index in [-0.39, 0.29) is 30.3 Å². The van der Waals surface area contributed by atoms with Crippen molar-refractivity contribution in [1.82, 2.24) is 9.47 Å². The van der Waals surface area contributed by atoms with E-state index >= 15 is 0 Å². The molecule has 1 aliphatic rings. The number of ether oxygens (including phenoxy) is 1. The highest BCUT2D eigenvalue weighted by Gasteiger charge is 2.29. The number of hydrogen-bond acceptors (Lipinski definition) is 4. The van der Waals surface area contributed by atoms with E-state index in [0.717, 1.165) is 30.0 Å². The zero-order valence-corrected chi connectivity index (χ0v) is 20.9. The summed E-state index contributed by atoms with van der Waals surface area (Å²) in [5.74, 6) is -0.872. The molecule has 2 heterocycles. The molecule has 1 aliphatic heterocycles. The summed E-state index contributed by atoms with van der Waals surface area (Å²) in [7, 11) is 0. The van der Waals surface area contributed by atoms with Crippen LogP contribution < -0.4 is 5.32 Å². The van der Waals surface area contributed by atoms with Gasteiger partial charge in [-0.3, -0.25) is 9.59 Å². The number of aromatic nitrogens is 1. The van der Waals surface area contributed by atoms with E-state index in [0.29, 0.717) is 31.5 Å². The molecule has 1 N–H and O–H groups in total. The van der Waals surface area contributed by atoms with Gasteiger partial charge in [0.1, 0.15) is 0 Å². The Hall–Kier alpha value is -3.87. The first-order valence-electron chi connectivity index (χ1n) is 12.4. The lowest BCUT2D eigenvalue weighted by Gasteiger charge is -2.30. The van der Waals surface area contributed by atoms with Crippen LogP contribution in [0.3, 0.4) is 0 Å². The van der Waals surface area contributed by atoms with Crippen LogP contribution in [-0.2, 0) is 22.5 Å². The molecule has 1 saturated heterocycles. The predicted octanol–water partition coefficient (Wildman–Crippen LogP) is 5.02. The summed E-state index contributed by atoms with van der Waals surface area (Å²) in [5.41, 5.74) is 4.49. The number of Topliss-reactive ketones (excluding diaryl/α,β-unsaturated/α-hetero) is 1. The van der Waals surface area contributed by atoms with Gasteiger partial charge in [-0.15, -0.1) is 0 Å². The highest BCUT2D eigenvalue weighted by Crippen LogP contribution is 2.21. The largest absolute Gasteiger partial charge is 0.457 e. The van der Waals surface area contributed by atoms with Crippen LogP contribution in [0.5, 0.6) is 0 Å². The standard InChI is InChI=1S/C29H33N3O4/c1-21-19-26(22(2)32(21)18-13-23-9-5-3-6-10-23)27(33)20-36-28(34)24-14-16-31(17-15-24)29(35)30-25-11-7-4-8-12-25/h3-12,19,24H,13-18,20H2,1-2H3,(H,30,35). The number of ketones is 1. The quantitative estimate of drug-likeness (QED) is 0.357. The Morgan fingerprint density at radius 2 is 1.58 bits per heavy atom. The van der Waals surface area contributed by atoms with Gasteiger partial charge in [0.2, 0.25) is 5.78 Å². The van der Waals surface area contributed by atoms with Crippen LogP contribution in [0.25, 0.3) is 0 Å². The van der Waals surface area contributed by atoms with Gasteiger partial charge < -0.3 is 19.5 Å². The number of hydrogen-bond donors (Lipinski definition) is 1. The van der Waals surface area contributed by atoms with Crippen LogP contribution >= 0.6 is 0 Å². The first-order chi connectivity index (χ1) is 17.4. The average Bonchev–Trinajstić information content (AvgIpc) is 3.20. The van der Waals surface area contributed by atoms with Crippen LogP contribution in [0.4, 0.5) is 10.5 Å². The maximum absolute atomic E-state index is 12.9. The minimum atomic E-state index is -0.371. The van der Waals surface area contributed by atoms with Crippen molar-refractivity contribution >= 4 is 23.5 Å². The monoisotopic (exact) mass is 487 g/mol. The molecule has 3 aromatic rings. The first-order valence-corrected chi connectivity index (χ1v) is 12.4. The Kier molecular flexibility index (Phi) is 8.21.